The lowest BCUT2D eigenvalue weighted by Gasteiger charge is -2.24. The van der Waals surface area contributed by atoms with Crippen LogP contribution in [-0.2, 0) is 15.3 Å². The Morgan fingerprint density at radius 1 is 0.978 bits per heavy atom. The van der Waals surface area contributed by atoms with Crippen LogP contribution in [0.3, 0.4) is 0 Å². The van der Waals surface area contributed by atoms with Crippen molar-refractivity contribution >= 4 is 45.7 Å². The number of aromatic nitrogens is 2. The SMILES string of the molecule is CCCOc1ccc(/C(O)=C2/C(=O)C(=O)N(c3nnc(SCc4ccc(F)cc4)s3)C2c2cc(OC)c(OC)c(OC)c2)cc1. The number of ether oxygens (including phenoxy) is 4. The number of rotatable bonds is 12. The summed E-state index contributed by atoms with van der Waals surface area (Å²) >= 11 is 2.47. The van der Waals surface area contributed by atoms with E-state index in [0.29, 0.717) is 50.8 Å². The number of hydrogen-bond acceptors (Lipinski definition) is 11. The molecule has 0 aliphatic carbocycles. The number of nitrogens with zero attached hydrogens (tertiary/aromatic N) is 3. The minimum Gasteiger partial charge on any atom is -0.507 e. The minimum absolute atomic E-state index is 0.146. The molecule has 1 aromatic heterocycles. The zero-order valence-corrected chi connectivity index (χ0v) is 26.5. The molecule has 1 amide bonds. The molecule has 1 atom stereocenters. The van der Waals surface area contributed by atoms with Gasteiger partial charge in [-0.25, -0.2) is 4.39 Å². The third-order valence-corrected chi connectivity index (χ3v) is 9.05. The molecule has 2 heterocycles. The Morgan fingerprint density at radius 3 is 2.24 bits per heavy atom. The van der Waals surface area contributed by atoms with Crippen molar-refractivity contribution in [3.8, 4) is 23.0 Å². The van der Waals surface area contributed by atoms with E-state index in [-0.39, 0.29) is 22.3 Å². The first-order valence-corrected chi connectivity index (χ1v) is 15.6. The van der Waals surface area contributed by atoms with Crippen molar-refractivity contribution in [2.45, 2.75) is 29.5 Å². The molecule has 1 aliphatic rings. The maximum atomic E-state index is 13.7. The molecular formula is C32H30FN3O7S2. The predicted octanol–water partition coefficient (Wildman–Crippen LogP) is 6.41. The molecule has 1 saturated heterocycles. The van der Waals surface area contributed by atoms with Crippen LogP contribution < -0.4 is 23.8 Å². The Balaban J connectivity index is 1.59. The first kappa shape index (κ1) is 31.8. The summed E-state index contributed by atoms with van der Waals surface area (Å²) in [6, 6.07) is 14.8. The number of carbonyl (C=O) groups excluding carboxylic acids is 2. The Morgan fingerprint density at radius 2 is 1.64 bits per heavy atom. The van der Waals surface area contributed by atoms with Gasteiger partial charge in [-0.1, -0.05) is 42.2 Å². The van der Waals surface area contributed by atoms with Gasteiger partial charge in [-0.05, 0) is 66.1 Å². The number of aliphatic hydroxyl groups is 1. The van der Waals surface area contributed by atoms with Crippen molar-refractivity contribution in [1.82, 2.24) is 10.2 Å². The zero-order valence-electron chi connectivity index (χ0n) is 24.9. The van der Waals surface area contributed by atoms with Gasteiger partial charge in [0, 0.05) is 11.3 Å². The minimum atomic E-state index is -1.11. The van der Waals surface area contributed by atoms with Gasteiger partial charge in [0.1, 0.15) is 17.3 Å². The van der Waals surface area contributed by atoms with Gasteiger partial charge in [-0.15, -0.1) is 10.2 Å². The van der Waals surface area contributed by atoms with Gasteiger partial charge < -0.3 is 24.1 Å². The number of aliphatic hydroxyl groups excluding tert-OH is 1. The second-order valence-corrected chi connectivity index (χ2v) is 11.9. The quantitative estimate of drug-likeness (QED) is 0.0605. The molecule has 10 nitrogen and oxygen atoms in total. The molecule has 1 aliphatic heterocycles. The molecule has 0 spiro atoms. The van der Waals surface area contributed by atoms with Crippen LogP contribution in [0.2, 0.25) is 0 Å². The number of benzene rings is 3. The van der Waals surface area contributed by atoms with E-state index < -0.39 is 17.7 Å². The second kappa shape index (κ2) is 14.0. The largest absolute Gasteiger partial charge is 0.507 e. The van der Waals surface area contributed by atoms with Crippen molar-refractivity contribution in [3.63, 3.8) is 0 Å². The summed E-state index contributed by atoms with van der Waals surface area (Å²) in [6.45, 7) is 2.52. The lowest BCUT2D eigenvalue weighted by atomic mass is 9.94. The number of thioether (sulfide) groups is 1. The fraction of sp³-hybridized carbons (Fsp3) is 0.250. The molecular weight excluding hydrogens is 621 g/mol. The van der Waals surface area contributed by atoms with Gasteiger partial charge in [-0.3, -0.25) is 14.5 Å². The van der Waals surface area contributed by atoms with E-state index in [4.69, 9.17) is 18.9 Å². The third-order valence-electron chi connectivity index (χ3n) is 6.93. The number of carbonyl (C=O) groups is 2. The highest BCUT2D eigenvalue weighted by molar-refractivity contribution is 8.00. The van der Waals surface area contributed by atoms with Crippen LogP contribution in [0.1, 0.15) is 36.1 Å². The van der Waals surface area contributed by atoms with Crippen molar-refractivity contribution in [3.05, 3.63) is 88.7 Å². The lowest BCUT2D eigenvalue weighted by Crippen LogP contribution is -2.29. The highest BCUT2D eigenvalue weighted by atomic mass is 32.2. The van der Waals surface area contributed by atoms with Crippen molar-refractivity contribution in [1.29, 1.82) is 0 Å². The van der Waals surface area contributed by atoms with Crippen LogP contribution in [0.25, 0.3) is 5.76 Å². The average Bonchev–Trinajstić information content (AvgIpc) is 3.64. The van der Waals surface area contributed by atoms with Gasteiger partial charge in [0.25, 0.3) is 5.78 Å². The maximum absolute atomic E-state index is 13.7. The summed E-state index contributed by atoms with van der Waals surface area (Å²) < 4.78 is 36.1. The predicted molar refractivity (Wildman–Crippen MR) is 169 cm³/mol. The fourth-order valence-corrected chi connectivity index (χ4v) is 6.60. The van der Waals surface area contributed by atoms with Crippen molar-refractivity contribution < 1.29 is 38.0 Å². The van der Waals surface area contributed by atoms with E-state index in [9.17, 15) is 19.1 Å². The van der Waals surface area contributed by atoms with Crippen LogP contribution in [0.15, 0.2) is 70.6 Å². The molecule has 13 heteroatoms. The Bertz CT molecular complexity index is 1700. The fourth-order valence-electron chi connectivity index (χ4n) is 4.77. The number of anilines is 1. The van der Waals surface area contributed by atoms with Crippen LogP contribution >= 0.6 is 23.1 Å². The Kier molecular flexibility index (Phi) is 9.89. The number of ketones is 1. The molecule has 4 aromatic rings. The first-order valence-electron chi connectivity index (χ1n) is 13.8. The normalized spacial score (nSPS) is 15.8. The Hall–Kier alpha value is -4.62. The van der Waals surface area contributed by atoms with Crippen molar-refractivity contribution in [2.75, 3.05) is 32.8 Å². The van der Waals surface area contributed by atoms with Crippen LogP contribution in [0.4, 0.5) is 9.52 Å². The average molecular weight is 652 g/mol. The number of amides is 1. The van der Waals surface area contributed by atoms with Crippen LogP contribution in [-0.4, -0.2) is 54.9 Å². The number of halogens is 1. The van der Waals surface area contributed by atoms with E-state index in [0.717, 1.165) is 23.3 Å². The summed E-state index contributed by atoms with van der Waals surface area (Å²) in [5.74, 6) is -0.476. The molecule has 1 fully saturated rings. The molecule has 0 bridgehead atoms. The summed E-state index contributed by atoms with van der Waals surface area (Å²) in [4.78, 5) is 28.6. The topological polar surface area (TPSA) is 120 Å². The number of methoxy groups -OCH3 is 3. The highest BCUT2D eigenvalue weighted by Gasteiger charge is 2.49. The van der Waals surface area contributed by atoms with E-state index in [2.05, 4.69) is 10.2 Å². The summed E-state index contributed by atoms with van der Waals surface area (Å²) in [7, 11) is 4.37. The molecule has 5 rings (SSSR count). The lowest BCUT2D eigenvalue weighted by molar-refractivity contribution is -0.132. The molecule has 0 saturated carbocycles. The summed E-state index contributed by atoms with van der Waals surface area (Å²) in [5, 5.41) is 20.2. The van der Waals surface area contributed by atoms with Crippen LogP contribution in [0.5, 0.6) is 23.0 Å². The smallest absolute Gasteiger partial charge is 0.301 e. The maximum Gasteiger partial charge on any atom is 0.301 e. The number of hydrogen-bond donors (Lipinski definition) is 1. The molecule has 1 unspecified atom stereocenters. The van der Waals surface area contributed by atoms with Crippen LogP contribution in [0, 0.1) is 5.82 Å². The first-order chi connectivity index (χ1) is 21.8. The van der Waals surface area contributed by atoms with Gasteiger partial charge in [0.05, 0.1) is 39.6 Å². The van der Waals surface area contributed by atoms with Gasteiger partial charge >= 0.3 is 5.91 Å². The van der Waals surface area contributed by atoms with Gasteiger partial charge in [-0.2, -0.15) is 0 Å². The molecule has 0 radical (unpaired) electrons. The number of Topliss-reactive ketones (excluding diaryl/α,β-unsaturated/α-hetero) is 1. The molecule has 45 heavy (non-hydrogen) atoms. The standard InChI is InChI=1S/C32H30FN3O7S2/c1-5-14-43-22-12-8-19(9-13-22)27(37)25-26(20-15-23(40-2)29(42-4)24(16-20)41-3)36(30(39)28(25)38)31-34-35-32(45-31)44-17-18-6-10-21(33)11-7-18/h6-13,15-16,26,37H,5,14,17H2,1-4H3/b27-25-. The van der Waals surface area contributed by atoms with E-state index in [1.54, 1.807) is 48.5 Å². The Labute approximate surface area is 267 Å². The van der Waals surface area contributed by atoms with Crippen molar-refractivity contribution in [2.24, 2.45) is 0 Å². The van der Waals surface area contributed by atoms with E-state index in [1.165, 1.54) is 50.1 Å². The zero-order chi connectivity index (χ0) is 32.1. The van der Waals surface area contributed by atoms with E-state index >= 15 is 0 Å². The van der Waals surface area contributed by atoms with E-state index in [1.807, 2.05) is 6.92 Å². The van der Waals surface area contributed by atoms with Gasteiger partial charge in [0.15, 0.2) is 15.8 Å². The molecule has 1 N–H and O–H groups in total. The molecule has 3 aromatic carbocycles. The third kappa shape index (κ3) is 6.59. The monoisotopic (exact) mass is 651 g/mol. The second-order valence-electron chi connectivity index (χ2n) is 9.77. The summed E-state index contributed by atoms with van der Waals surface area (Å²) in [6.07, 6.45) is 0.831. The summed E-state index contributed by atoms with van der Waals surface area (Å²) in [5.41, 5.74) is 1.46. The highest BCUT2D eigenvalue weighted by Crippen LogP contribution is 2.48. The molecule has 234 valence electrons. The van der Waals surface area contributed by atoms with Gasteiger partial charge in [0.2, 0.25) is 10.9 Å².